The molecule has 0 amide bonds. The van der Waals surface area contributed by atoms with Gasteiger partial charge in [-0.3, -0.25) is 0 Å². The van der Waals surface area contributed by atoms with E-state index in [1.807, 2.05) is 12.1 Å². The van der Waals surface area contributed by atoms with E-state index in [0.29, 0.717) is 17.7 Å². The monoisotopic (exact) mass is 387 g/mol. The molecule has 0 aliphatic heterocycles. The predicted molar refractivity (Wildman–Crippen MR) is 116 cm³/mol. The molecule has 4 nitrogen and oxygen atoms in total. The van der Waals surface area contributed by atoms with Gasteiger partial charge in [0.1, 0.15) is 0 Å². The smallest absolute Gasteiger partial charge is 0.419 e. The number of benzene rings is 1. The zero-order valence-corrected chi connectivity index (χ0v) is 18.3. The van der Waals surface area contributed by atoms with Gasteiger partial charge in [0, 0.05) is 0 Å². The molecule has 1 aromatic heterocycles. The Bertz CT molecular complexity index is 695. The second-order valence-electron chi connectivity index (χ2n) is 8.17. The summed E-state index contributed by atoms with van der Waals surface area (Å²) in [5.41, 5.74) is 2.11. The van der Waals surface area contributed by atoms with Crippen LogP contribution in [-0.2, 0) is 13.1 Å². The summed E-state index contributed by atoms with van der Waals surface area (Å²) in [7, 11) is 0. The fraction of sp³-hybridized carbons (Fsp3) is 0.667. The van der Waals surface area contributed by atoms with E-state index in [4.69, 9.17) is 0 Å². The molecule has 0 fully saturated rings. The molecule has 0 aliphatic rings. The van der Waals surface area contributed by atoms with Crippen molar-refractivity contribution in [1.82, 2.24) is 4.57 Å². The number of imidazole rings is 1. The van der Waals surface area contributed by atoms with Crippen LogP contribution in [0.25, 0.3) is 11.0 Å². The Morgan fingerprint density at radius 2 is 1.61 bits per heavy atom. The molecule has 1 aromatic carbocycles. The molecule has 0 radical (unpaired) electrons. The highest BCUT2D eigenvalue weighted by Gasteiger charge is 2.32. The van der Waals surface area contributed by atoms with Crippen LogP contribution in [0.4, 0.5) is 0 Å². The van der Waals surface area contributed by atoms with Crippen LogP contribution in [-0.4, -0.2) is 15.6 Å². The Labute approximate surface area is 170 Å². The lowest BCUT2D eigenvalue weighted by Crippen LogP contribution is -2.43. The Balaban J connectivity index is 2.48. The largest absolute Gasteiger partial charge is 0.472 e. The van der Waals surface area contributed by atoms with Gasteiger partial charge in [0.2, 0.25) is 0 Å². The number of fused-ring (bicyclic) bond motifs is 1. The first-order valence-corrected chi connectivity index (χ1v) is 11.3. The Morgan fingerprint density at radius 3 is 2.18 bits per heavy atom. The topological polar surface area (TPSA) is 46.1 Å². The molecular formula is C24H39N2O2+. The first-order chi connectivity index (χ1) is 13.6. The minimum absolute atomic E-state index is 0.450. The zero-order chi connectivity index (χ0) is 20.5. The van der Waals surface area contributed by atoms with Gasteiger partial charge in [-0.2, -0.15) is 0 Å². The number of carboxylic acids is 1. The van der Waals surface area contributed by atoms with Crippen LogP contribution < -0.4 is 4.57 Å². The van der Waals surface area contributed by atoms with E-state index in [-0.39, 0.29) is 0 Å². The van der Waals surface area contributed by atoms with E-state index >= 15 is 0 Å². The second-order valence-corrected chi connectivity index (χ2v) is 8.17. The van der Waals surface area contributed by atoms with Crippen molar-refractivity contribution in [3.8, 4) is 0 Å². The Kier molecular flexibility index (Phi) is 9.01. The van der Waals surface area contributed by atoms with Gasteiger partial charge in [-0.1, -0.05) is 65.5 Å². The molecule has 2 rings (SSSR count). The van der Waals surface area contributed by atoms with Crippen molar-refractivity contribution in [3.05, 3.63) is 30.1 Å². The van der Waals surface area contributed by atoms with Crippen molar-refractivity contribution in [3.63, 3.8) is 0 Å². The van der Waals surface area contributed by atoms with Gasteiger partial charge in [0.05, 0.1) is 13.1 Å². The van der Waals surface area contributed by atoms with Gasteiger partial charge < -0.3 is 5.11 Å². The first-order valence-electron chi connectivity index (χ1n) is 11.3. The van der Waals surface area contributed by atoms with Crippen LogP contribution in [0.15, 0.2) is 24.3 Å². The molecule has 0 saturated heterocycles. The maximum atomic E-state index is 12.3. The van der Waals surface area contributed by atoms with Crippen LogP contribution >= 0.6 is 0 Å². The highest BCUT2D eigenvalue weighted by Crippen LogP contribution is 2.22. The zero-order valence-electron chi connectivity index (χ0n) is 18.3. The summed E-state index contributed by atoms with van der Waals surface area (Å²) in [5.74, 6) is 0.673. The summed E-state index contributed by atoms with van der Waals surface area (Å²) < 4.78 is 4.15. The molecule has 1 N–H and O–H groups in total. The van der Waals surface area contributed by atoms with Crippen molar-refractivity contribution in [2.45, 2.75) is 92.2 Å². The number of aromatic nitrogens is 2. The maximum Gasteiger partial charge on any atom is 0.419 e. The summed E-state index contributed by atoms with van der Waals surface area (Å²) in [6.45, 7) is 10.5. The van der Waals surface area contributed by atoms with Crippen LogP contribution in [0.3, 0.4) is 0 Å². The molecule has 1 heterocycles. The standard InChI is InChI=1S/C24H38N2O2/c1-5-9-13-19(7-3)17-25-21-15-11-12-16-22(21)26(23(25)24(27)28)18-20(8-4)14-10-6-2/h11-12,15-16,19-20H,5-10,13-14,17-18H2,1-4H3/p+1. The molecule has 2 aromatic rings. The summed E-state index contributed by atoms with van der Waals surface area (Å²) in [5, 5.41) is 10.1. The highest BCUT2D eigenvalue weighted by molar-refractivity contribution is 5.86. The Hall–Kier alpha value is -1.84. The van der Waals surface area contributed by atoms with Crippen LogP contribution in [0.1, 0.15) is 89.7 Å². The van der Waals surface area contributed by atoms with Crippen molar-refractivity contribution in [1.29, 1.82) is 0 Å². The minimum Gasteiger partial charge on any atom is -0.472 e. The summed E-state index contributed by atoms with van der Waals surface area (Å²) in [6, 6.07) is 8.21. The normalized spacial score (nSPS) is 13.7. The number of carboxylic acid groups (broad SMARTS) is 1. The van der Waals surface area contributed by atoms with Gasteiger partial charge in [-0.15, -0.1) is 0 Å². The SMILES string of the molecule is CCCCC(CC)Cn1c(C(=O)O)[n+](CC(CC)CCCC)c2ccccc21. The third-order valence-corrected chi connectivity index (χ3v) is 6.13. The van der Waals surface area contributed by atoms with Crippen molar-refractivity contribution in [2.24, 2.45) is 11.8 Å². The first kappa shape index (κ1) is 22.4. The van der Waals surface area contributed by atoms with Crippen molar-refractivity contribution < 1.29 is 14.5 Å². The van der Waals surface area contributed by atoms with E-state index in [0.717, 1.165) is 49.8 Å². The van der Waals surface area contributed by atoms with E-state index in [1.165, 1.54) is 25.7 Å². The van der Waals surface area contributed by atoms with Crippen molar-refractivity contribution in [2.75, 3.05) is 0 Å². The van der Waals surface area contributed by atoms with Gasteiger partial charge >= 0.3 is 11.8 Å². The fourth-order valence-electron chi connectivity index (χ4n) is 4.25. The van der Waals surface area contributed by atoms with Crippen LogP contribution in [0.2, 0.25) is 0 Å². The van der Waals surface area contributed by atoms with Gasteiger partial charge in [-0.25, -0.2) is 13.9 Å². The number of carbonyl (C=O) groups is 1. The molecule has 0 spiro atoms. The van der Waals surface area contributed by atoms with Crippen LogP contribution in [0.5, 0.6) is 0 Å². The lowest BCUT2D eigenvalue weighted by atomic mass is 9.99. The highest BCUT2D eigenvalue weighted by atomic mass is 16.4. The fourth-order valence-corrected chi connectivity index (χ4v) is 4.25. The third kappa shape index (κ3) is 5.36. The molecule has 28 heavy (non-hydrogen) atoms. The number of unbranched alkanes of at least 4 members (excludes halogenated alkanes) is 2. The summed E-state index contributed by atoms with van der Waals surface area (Å²) in [4.78, 5) is 12.3. The molecule has 4 heteroatoms. The lowest BCUT2D eigenvalue weighted by molar-refractivity contribution is -0.681. The number of nitrogens with zero attached hydrogens (tertiary/aromatic N) is 2. The predicted octanol–water partition coefficient (Wildman–Crippen LogP) is 6.06. The quantitative estimate of drug-likeness (QED) is 0.425. The molecule has 156 valence electrons. The number of hydrogen-bond acceptors (Lipinski definition) is 1. The maximum absolute atomic E-state index is 12.3. The number of para-hydroxylation sites is 2. The summed E-state index contributed by atoms with van der Waals surface area (Å²) in [6.07, 6.45) is 9.26. The van der Waals surface area contributed by atoms with Gasteiger partial charge in [-0.05, 0) is 49.7 Å². The van der Waals surface area contributed by atoms with Gasteiger partial charge in [0.25, 0.3) is 0 Å². The van der Waals surface area contributed by atoms with E-state index in [1.54, 1.807) is 0 Å². The third-order valence-electron chi connectivity index (χ3n) is 6.13. The molecule has 2 unspecified atom stereocenters. The molecule has 0 bridgehead atoms. The molecule has 0 saturated carbocycles. The molecule has 2 atom stereocenters. The van der Waals surface area contributed by atoms with E-state index in [9.17, 15) is 9.90 Å². The number of aromatic carboxylic acids is 1. The lowest BCUT2D eigenvalue weighted by Gasteiger charge is -2.14. The molecular weight excluding hydrogens is 348 g/mol. The minimum atomic E-state index is -0.813. The average molecular weight is 388 g/mol. The average Bonchev–Trinajstić information content (AvgIpc) is 3.01. The van der Waals surface area contributed by atoms with E-state index < -0.39 is 5.97 Å². The van der Waals surface area contributed by atoms with Gasteiger partial charge in [0.15, 0.2) is 11.0 Å². The van der Waals surface area contributed by atoms with Crippen molar-refractivity contribution >= 4 is 17.0 Å². The van der Waals surface area contributed by atoms with Crippen LogP contribution in [0, 0.1) is 11.8 Å². The number of rotatable bonds is 13. The second kappa shape index (κ2) is 11.2. The summed E-state index contributed by atoms with van der Waals surface area (Å²) >= 11 is 0. The number of hydrogen-bond donors (Lipinski definition) is 1. The molecule has 0 aliphatic carbocycles. The Morgan fingerprint density at radius 1 is 1.00 bits per heavy atom. The van der Waals surface area contributed by atoms with E-state index in [2.05, 4.69) is 49.0 Å².